The van der Waals surface area contributed by atoms with Gasteiger partial charge in [0.2, 0.25) is 0 Å². The number of allylic oxidation sites excluding steroid dienone is 2. The van der Waals surface area contributed by atoms with Gasteiger partial charge in [-0.25, -0.2) is 0 Å². The van der Waals surface area contributed by atoms with Gasteiger partial charge in [-0.3, -0.25) is 0 Å². The Morgan fingerprint density at radius 1 is 1.11 bits per heavy atom. The molecule has 1 aliphatic carbocycles. The lowest BCUT2D eigenvalue weighted by atomic mass is 9.80. The summed E-state index contributed by atoms with van der Waals surface area (Å²) in [5.74, 6) is 0.675. The van der Waals surface area contributed by atoms with Crippen molar-refractivity contribution < 1.29 is 4.74 Å². The van der Waals surface area contributed by atoms with E-state index in [1.165, 1.54) is 51.4 Å². The molecule has 0 unspecified atom stereocenters. The van der Waals surface area contributed by atoms with Crippen LogP contribution in [0.2, 0.25) is 0 Å². The number of unbranched alkanes of at least 4 members (excludes halogenated alkanes) is 1. The van der Waals surface area contributed by atoms with Crippen LogP contribution in [0.5, 0.6) is 0 Å². The Labute approximate surface area is 120 Å². The predicted molar refractivity (Wildman–Crippen MR) is 84.5 cm³/mol. The van der Waals surface area contributed by atoms with Gasteiger partial charge in [0.15, 0.2) is 0 Å². The first-order valence-corrected chi connectivity index (χ1v) is 8.20. The van der Waals surface area contributed by atoms with Gasteiger partial charge in [0.25, 0.3) is 0 Å². The summed E-state index contributed by atoms with van der Waals surface area (Å²) in [6.07, 6.45) is 15.0. The molecule has 19 heavy (non-hydrogen) atoms. The zero-order chi connectivity index (χ0) is 14.4. The Morgan fingerprint density at radius 2 is 1.74 bits per heavy atom. The highest BCUT2D eigenvalue weighted by atomic mass is 16.5. The average molecular weight is 266 g/mol. The van der Waals surface area contributed by atoms with Gasteiger partial charge in [-0.2, -0.15) is 0 Å². The molecule has 1 heteroatoms. The zero-order valence-electron chi connectivity index (χ0n) is 13.8. The molecule has 0 saturated heterocycles. The summed E-state index contributed by atoms with van der Waals surface area (Å²) < 4.78 is 6.47. The molecule has 0 spiro atoms. The van der Waals surface area contributed by atoms with E-state index in [9.17, 15) is 0 Å². The van der Waals surface area contributed by atoms with E-state index in [0.717, 1.165) is 0 Å². The van der Waals surface area contributed by atoms with Crippen molar-refractivity contribution in [1.29, 1.82) is 0 Å². The van der Waals surface area contributed by atoms with Crippen LogP contribution in [0.3, 0.4) is 0 Å². The summed E-state index contributed by atoms with van der Waals surface area (Å²) in [6.45, 7) is 11.1. The van der Waals surface area contributed by atoms with E-state index in [2.05, 4.69) is 46.8 Å². The molecule has 0 radical (unpaired) electrons. The van der Waals surface area contributed by atoms with Crippen molar-refractivity contribution in [3.63, 3.8) is 0 Å². The molecule has 112 valence electrons. The molecule has 0 bridgehead atoms. The lowest BCUT2D eigenvalue weighted by Crippen LogP contribution is -2.41. The first-order valence-electron chi connectivity index (χ1n) is 8.20. The smallest absolute Gasteiger partial charge is 0.0689 e. The van der Waals surface area contributed by atoms with Crippen LogP contribution < -0.4 is 0 Å². The standard InChI is InChI=1S/C18H34O/c1-16(2)12-8-6-9-13-18(19-17(3,4)5)14-10-7-11-15-18/h8,12,16H,6-7,9-11,13-15H2,1-5H3/b12-8+. The van der Waals surface area contributed by atoms with Gasteiger partial charge in [0.05, 0.1) is 11.2 Å². The minimum Gasteiger partial charge on any atom is -0.369 e. The third-order valence-corrected chi connectivity index (χ3v) is 3.81. The van der Waals surface area contributed by atoms with Crippen molar-refractivity contribution in [3.8, 4) is 0 Å². The summed E-state index contributed by atoms with van der Waals surface area (Å²) in [4.78, 5) is 0. The van der Waals surface area contributed by atoms with Crippen LogP contribution in [-0.2, 0) is 4.74 Å². The first-order chi connectivity index (χ1) is 8.83. The largest absolute Gasteiger partial charge is 0.369 e. The maximum absolute atomic E-state index is 6.47. The van der Waals surface area contributed by atoms with E-state index in [0.29, 0.717) is 5.92 Å². The summed E-state index contributed by atoms with van der Waals surface area (Å²) in [5, 5.41) is 0. The molecule has 0 amide bonds. The van der Waals surface area contributed by atoms with Crippen LogP contribution >= 0.6 is 0 Å². The van der Waals surface area contributed by atoms with Crippen molar-refractivity contribution in [1.82, 2.24) is 0 Å². The molecule has 0 heterocycles. The number of rotatable bonds is 6. The third kappa shape index (κ3) is 7.15. The van der Waals surface area contributed by atoms with Crippen LogP contribution in [0.4, 0.5) is 0 Å². The lowest BCUT2D eigenvalue weighted by Gasteiger charge is -2.42. The molecule has 0 N–H and O–H groups in total. The molecule has 1 saturated carbocycles. The van der Waals surface area contributed by atoms with E-state index >= 15 is 0 Å². The van der Waals surface area contributed by atoms with Gasteiger partial charge in [0.1, 0.15) is 0 Å². The number of ether oxygens (including phenoxy) is 1. The van der Waals surface area contributed by atoms with E-state index in [-0.39, 0.29) is 11.2 Å². The fourth-order valence-corrected chi connectivity index (χ4v) is 3.16. The van der Waals surface area contributed by atoms with E-state index in [4.69, 9.17) is 4.74 Å². The molecular formula is C18H34O. The highest BCUT2D eigenvalue weighted by Gasteiger charge is 2.35. The minimum atomic E-state index is -0.00882. The maximum Gasteiger partial charge on any atom is 0.0689 e. The highest BCUT2D eigenvalue weighted by Crippen LogP contribution is 2.38. The fourth-order valence-electron chi connectivity index (χ4n) is 3.16. The summed E-state index contributed by atoms with van der Waals surface area (Å²) >= 11 is 0. The Kier molecular flexibility index (Phi) is 6.59. The summed E-state index contributed by atoms with van der Waals surface area (Å²) in [6, 6.07) is 0. The van der Waals surface area contributed by atoms with Gasteiger partial charge in [-0.1, -0.05) is 45.3 Å². The summed E-state index contributed by atoms with van der Waals surface area (Å²) in [7, 11) is 0. The van der Waals surface area contributed by atoms with Crippen molar-refractivity contribution in [2.45, 2.75) is 97.2 Å². The molecule has 1 rings (SSSR count). The van der Waals surface area contributed by atoms with Crippen molar-refractivity contribution in [2.75, 3.05) is 0 Å². The van der Waals surface area contributed by atoms with Gasteiger partial charge >= 0.3 is 0 Å². The van der Waals surface area contributed by atoms with Crippen molar-refractivity contribution in [2.24, 2.45) is 5.92 Å². The van der Waals surface area contributed by atoms with E-state index in [1.807, 2.05) is 0 Å². The molecule has 1 aliphatic rings. The third-order valence-electron chi connectivity index (χ3n) is 3.81. The Balaban J connectivity index is 2.46. The second kappa shape index (κ2) is 7.47. The Bertz CT molecular complexity index is 264. The van der Waals surface area contributed by atoms with Crippen LogP contribution in [0.25, 0.3) is 0 Å². The highest BCUT2D eigenvalue weighted by molar-refractivity contribution is 4.89. The number of hydrogen-bond acceptors (Lipinski definition) is 1. The lowest BCUT2D eigenvalue weighted by molar-refractivity contribution is -0.152. The second-order valence-corrected chi connectivity index (χ2v) is 7.52. The van der Waals surface area contributed by atoms with E-state index < -0.39 is 0 Å². The van der Waals surface area contributed by atoms with E-state index in [1.54, 1.807) is 0 Å². The first kappa shape index (κ1) is 16.8. The maximum atomic E-state index is 6.47. The average Bonchev–Trinajstić information content (AvgIpc) is 2.27. The normalized spacial score (nSPS) is 20.3. The van der Waals surface area contributed by atoms with Crippen molar-refractivity contribution >= 4 is 0 Å². The quantitative estimate of drug-likeness (QED) is 0.430. The molecular weight excluding hydrogens is 232 g/mol. The van der Waals surface area contributed by atoms with Gasteiger partial charge in [-0.05, 0) is 58.8 Å². The zero-order valence-corrected chi connectivity index (χ0v) is 13.8. The molecule has 1 nitrogen and oxygen atoms in total. The fraction of sp³-hybridized carbons (Fsp3) is 0.889. The van der Waals surface area contributed by atoms with Crippen LogP contribution in [0.1, 0.15) is 86.0 Å². The van der Waals surface area contributed by atoms with Crippen LogP contribution in [0.15, 0.2) is 12.2 Å². The molecule has 0 aromatic rings. The van der Waals surface area contributed by atoms with Crippen LogP contribution in [-0.4, -0.2) is 11.2 Å². The Morgan fingerprint density at radius 3 is 2.26 bits per heavy atom. The van der Waals surface area contributed by atoms with Gasteiger partial charge in [0, 0.05) is 0 Å². The SMILES string of the molecule is CC(C)/C=C/CCCC1(OC(C)(C)C)CCCCC1. The molecule has 0 aromatic heterocycles. The monoisotopic (exact) mass is 266 g/mol. The predicted octanol–water partition coefficient (Wildman–Crippen LogP) is 5.89. The second-order valence-electron chi connectivity index (χ2n) is 7.52. The topological polar surface area (TPSA) is 9.23 Å². The summed E-state index contributed by atoms with van der Waals surface area (Å²) in [5.41, 5.74) is 0.160. The molecule has 0 aromatic carbocycles. The van der Waals surface area contributed by atoms with Crippen LogP contribution in [0, 0.1) is 5.92 Å². The minimum absolute atomic E-state index is 0.00882. The molecule has 1 fully saturated rings. The van der Waals surface area contributed by atoms with Crippen molar-refractivity contribution in [3.05, 3.63) is 12.2 Å². The molecule has 0 aliphatic heterocycles. The van der Waals surface area contributed by atoms with Gasteiger partial charge in [-0.15, -0.1) is 0 Å². The Hall–Kier alpha value is -0.300. The van der Waals surface area contributed by atoms with Gasteiger partial charge < -0.3 is 4.74 Å². The molecule has 0 atom stereocenters. The number of hydrogen-bond donors (Lipinski definition) is 0.